The summed E-state index contributed by atoms with van der Waals surface area (Å²) in [5.74, 6) is 0.633. The Bertz CT molecular complexity index is 621. The number of hydrogen-bond acceptors (Lipinski definition) is 4. The maximum Gasteiger partial charge on any atom is 0.142 e. The smallest absolute Gasteiger partial charge is 0.142 e. The summed E-state index contributed by atoms with van der Waals surface area (Å²) in [6.07, 6.45) is -0.598. The number of anilines is 1. The molecule has 4 nitrogen and oxygen atoms in total. The lowest BCUT2D eigenvalue weighted by Gasteiger charge is -2.23. The average Bonchev–Trinajstić information content (AvgIpc) is 2.51. The van der Waals surface area contributed by atoms with Crippen molar-refractivity contribution < 1.29 is 9.84 Å². The van der Waals surface area contributed by atoms with Crippen molar-refractivity contribution in [1.29, 1.82) is 0 Å². The molecule has 0 aliphatic heterocycles. The van der Waals surface area contributed by atoms with E-state index < -0.39 is 6.10 Å². The summed E-state index contributed by atoms with van der Waals surface area (Å²) in [5, 5.41) is 13.5. The van der Waals surface area contributed by atoms with Crippen LogP contribution in [0.1, 0.15) is 38.0 Å². The molecule has 4 N–H and O–H groups in total. The second kappa shape index (κ2) is 7.49. The summed E-state index contributed by atoms with van der Waals surface area (Å²) in [5.41, 5.74) is 8.42. The molecule has 0 amide bonds. The number of ether oxygens (including phenoxy) is 1. The number of aliphatic hydroxyl groups is 1. The molecule has 2 aromatic carbocycles. The fourth-order valence-corrected chi connectivity index (χ4v) is 2.16. The van der Waals surface area contributed by atoms with Gasteiger partial charge in [-0.3, -0.25) is 0 Å². The molecule has 0 spiro atoms. The van der Waals surface area contributed by atoms with Crippen LogP contribution >= 0.6 is 0 Å². The molecule has 0 saturated heterocycles. The normalized spacial score (nSPS) is 12.9. The Morgan fingerprint density at radius 1 is 1.13 bits per heavy atom. The van der Waals surface area contributed by atoms with Crippen LogP contribution in [0.15, 0.2) is 48.5 Å². The minimum Gasteiger partial charge on any atom is -0.487 e. The molecule has 124 valence electrons. The van der Waals surface area contributed by atoms with E-state index in [1.807, 2.05) is 42.5 Å². The summed E-state index contributed by atoms with van der Waals surface area (Å²) in [4.78, 5) is 0. The molecule has 0 heterocycles. The van der Waals surface area contributed by atoms with Crippen LogP contribution in [0.5, 0.6) is 5.75 Å². The van der Waals surface area contributed by atoms with E-state index in [4.69, 9.17) is 10.5 Å². The van der Waals surface area contributed by atoms with E-state index in [0.29, 0.717) is 24.6 Å². The number of nitrogen functional groups attached to an aromatic ring is 1. The Kier molecular flexibility index (Phi) is 5.64. The zero-order chi connectivity index (χ0) is 16.9. The zero-order valence-corrected chi connectivity index (χ0v) is 14.0. The summed E-state index contributed by atoms with van der Waals surface area (Å²) < 4.78 is 5.75. The number of rotatable bonds is 6. The lowest BCUT2D eigenvalue weighted by molar-refractivity contribution is 0.163. The molecule has 4 heteroatoms. The molecule has 0 fully saturated rings. The first kappa shape index (κ1) is 17.3. The standard InChI is InChI=1S/C19H26N2O2/c1-19(2,3)21-12-17(22)15-9-10-18(16(20)11-15)23-13-14-7-5-4-6-8-14/h4-11,17,21-22H,12-13,20H2,1-3H3. The number of nitrogens with two attached hydrogens (primary N) is 1. The van der Waals surface area contributed by atoms with Gasteiger partial charge in [-0.2, -0.15) is 0 Å². The lowest BCUT2D eigenvalue weighted by Crippen LogP contribution is -2.38. The van der Waals surface area contributed by atoms with Crippen LogP contribution in [0.4, 0.5) is 5.69 Å². The summed E-state index contributed by atoms with van der Waals surface area (Å²) in [7, 11) is 0. The highest BCUT2D eigenvalue weighted by molar-refractivity contribution is 5.54. The van der Waals surface area contributed by atoms with E-state index in [1.165, 1.54) is 0 Å². The van der Waals surface area contributed by atoms with Gasteiger partial charge in [0.25, 0.3) is 0 Å². The quantitative estimate of drug-likeness (QED) is 0.716. The van der Waals surface area contributed by atoms with Gasteiger partial charge >= 0.3 is 0 Å². The molecule has 1 unspecified atom stereocenters. The highest BCUT2D eigenvalue weighted by Crippen LogP contribution is 2.26. The predicted molar refractivity (Wildman–Crippen MR) is 94.3 cm³/mol. The molecular weight excluding hydrogens is 288 g/mol. The number of hydrogen-bond donors (Lipinski definition) is 3. The minimum atomic E-state index is -0.598. The van der Waals surface area contributed by atoms with Gasteiger partial charge in [0, 0.05) is 12.1 Å². The topological polar surface area (TPSA) is 67.5 Å². The van der Waals surface area contributed by atoms with Gasteiger partial charge in [-0.1, -0.05) is 36.4 Å². The Labute approximate surface area is 138 Å². The summed E-state index contributed by atoms with van der Waals surface area (Å²) in [6.45, 7) is 7.14. The second-order valence-corrected chi connectivity index (χ2v) is 6.72. The van der Waals surface area contributed by atoms with Gasteiger partial charge < -0.3 is 20.9 Å². The number of benzene rings is 2. The van der Waals surface area contributed by atoms with Crippen molar-refractivity contribution in [3.05, 3.63) is 59.7 Å². The second-order valence-electron chi connectivity index (χ2n) is 6.72. The van der Waals surface area contributed by atoms with Crippen molar-refractivity contribution in [3.8, 4) is 5.75 Å². The van der Waals surface area contributed by atoms with Gasteiger partial charge in [-0.05, 0) is 44.0 Å². The van der Waals surface area contributed by atoms with Gasteiger partial charge in [0.2, 0.25) is 0 Å². The van der Waals surface area contributed by atoms with E-state index in [2.05, 4.69) is 26.1 Å². The highest BCUT2D eigenvalue weighted by atomic mass is 16.5. The lowest BCUT2D eigenvalue weighted by atomic mass is 10.1. The van der Waals surface area contributed by atoms with Gasteiger partial charge in [-0.25, -0.2) is 0 Å². The van der Waals surface area contributed by atoms with Crippen molar-refractivity contribution in [2.24, 2.45) is 0 Å². The molecule has 2 rings (SSSR count). The third-order valence-corrected chi connectivity index (χ3v) is 3.48. The van der Waals surface area contributed by atoms with Gasteiger partial charge in [0.1, 0.15) is 12.4 Å². The van der Waals surface area contributed by atoms with E-state index in [-0.39, 0.29) is 5.54 Å². The van der Waals surface area contributed by atoms with Crippen LogP contribution in [-0.4, -0.2) is 17.2 Å². The summed E-state index contributed by atoms with van der Waals surface area (Å²) >= 11 is 0. The van der Waals surface area contributed by atoms with Crippen molar-refractivity contribution in [2.45, 2.75) is 39.0 Å². The first-order chi connectivity index (χ1) is 10.8. The third kappa shape index (κ3) is 5.58. The third-order valence-electron chi connectivity index (χ3n) is 3.48. The van der Waals surface area contributed by atoms with Crippen molar-refractivity contribution in [3.63, 3.8) is 0 Å². The van der Waals surface area contributed by atoms with E-state index >= 15 is 0 Å². The maximum absolute atomic E-state index is 10.2. The Hall–Kier alpha value is -2.04. The van der Waals surface area contributed by atoms with Gasteiger partial charge in [0.05, 0.1) is 11.8 Å². The van der Waals surface area contributed by atoms with Crippen LogP contribution < -0.4 is 15.8 Å². The van der Waals surface area contributed by atoms with Gasteiger partial charge in [-0.15, -0.1) is 0 Å². The first-order valence-corrected chi connectivity index (χ1v) is 7.84. The fraction of sp³-hybridized carbons (Fsp3) is 0.368. The molecule has 1 atom stereocenters. The number of aliphatic hydroxyl groups excluding tert-OH is 1. The first-order valence-electron chi connectivity index (χ1n) is 7.84. The van der Waals surface area contributed by atoms with Crippen molar-refractivity contribution >= 4 is 5.69 Å². The van der Waals surface area contributed by atoms with Crippen LogP contribution in [0.25, 0.3) is 0 Å². The van der Waals surface area contributed by atoms with Crippen LogP contribution in [0.3, 0.4) is 0 Å². The summed E-state index contributed by atoms with van der Waals surface area (Å²) in [6, 6.07) is 15.4. The largest absolute Gasteiger partial charge is 0.487 e. The Morgan fingerprint density at radius 2 is 1.83 bits per heavy atom. The Morgan fingerprint density at radius 3 is 2.43 bits per heavy atom. The van der Waals surface area contributed by atoms with Crippen LogP contribution in [-0.2, 0) is 6.61 Å². The van der Waals surface area contributed by atoms with E-state index in [0.717, 1.165) is 11.1 Å². The average molecular weight is 314 g/mol. The highest BCUT2D eigenvalue weighted by Gasteiger charge is 2.14. The molecule has 0 saturated carbocycles. The molecule has 0 aliphatic rings. The molecular formula is C19H26N2O2. The van der Waals surface area contributed by atoms with Crippen molar-refractivity contribution in [1.82, 2.24) is 5.32 Å². The molecule has 23 heavy (non-hydrogen) atoms. The zero-order valence-electron chi connectivity index (χ0n) is 14.0. The molecule has 0 radical (unpaired) electrons. The maximum atomic E-state index is 10.2. The van der Waals surface area contributed by atoms with E-state index in [1.54, 1.807) is 6.07 Å². The predicted octanol–water partition coefficient (Wildman–Crippen LogP) is 3.27. The SMILES string of the molecule is CC(C)(C)NCC(O)c1ccc(OCc2ccccc2)c(N)c1. The molecule has 2 aromatic rings. The fourth-order valence-electron chi connectivity index (χ4n) is 2.16. The minimum absolute atomic E-state index is 0.0364. The molecule has 0 bridgehead atoms. The number of nitrogens with one attached hydrogen (secondary N) is 1. The van der Waals surface area contributed by atoms with E-state index in [9.17, 15) is 5.11 Å². The molecule has 0 aromatic heterocycles. The van der Waals surface area contributed by atoms with Crippen LogP contribution in [0, 0.1) is 0 Å². The van der Waals surface area contributed by atoms with Crippen LogP contribution in [0.2, 0.25) is 0 Å². The monoisotopic (exact) mass is 314 g/mol. The van der Waals surface area contributed by atoms with Gasteiger partial charge in [0.15, 0.2) is 0 Å². The molecule has 0 aliphatic carbocycles. The Balaban J connectivity index is 1.97. The van der Waals surface area contributed by atoms with Crippen molar-refractivity contribution in [2.75, 3.05) is 12.3 Å². The number of β-amino-alcohol motifs (C(OH)–C–C–N with tert-alkyl or cyclic N) is 1.